The first-order valence-corrected chi connectivity index (χ1v) is 5.09. The minimum atomic E-state index is 0.0413. The van der Waals surface area contributed by atoms with Gasteiger partial charge in [0.25, 0.3) is 0 Å². The van der Waals surface area contributed by atoms with Crippen molar-refractivity contribution in [2.75, 3.05) is 13.2 Å². The zero-order valence-corrected chi connectivity index (χ0v) is 8.44. The largest absolute Gasteiger partial charge is 0.394 e. The molecular formula is C12H16O2. The second-order valence-corrected chi connectivity index (χ2v) is 3.93. The van der Waals surface area contributed by atoms with Gasteiger partial charge in [0.2, 0.25) is 0 Å². The Labute approximate surface area is 84.5 Å². The number of aliphatic hydroxyl groups excluding tert-OH is 1. The van der Waals surface area contributed by atoms with Crippen LogP contribution in [0.15, 0.2) is 24.3 Å². The lowest BCUT2D eigenvalue weighted by atomic mass is 9.93. The van der Waals surface area contributed by atoms with Crippen molar-refractivity contribution in [3.8, 4) is 0 Å². The lowest BCUT2D eigenvalue weighted by molar-refractivity contribution is 0.0585. The van der Waals surface area contributed by atoms with Crippen LogP contribution in [-0.4, -0.2) is 24.4 Å². The third-order valence-corrected chi connectivity index (χ3v) is 2.91. The van der Waals surface area contributed by atoms with Crippen LogP contribution in [0.3, 0.4) is 0 Å². The molecule has 1 heterocycles. The van der Waals surface area contributed by atoms with Gasteiger partial charge in [0.1, 0.15) is 0 Å². The highest BCUT2D eigenvalue weighted by Gasteiger charge is 2.26. The predicted octanol–water partition coefficient (Wildman–Crippen LogP) is 1.86. The average Bonchev–Trinajstić information content (AvgIpc) is 2.67. The highest BCUT2D eigenvalue weighted by molar-refractivity contribution is 5.29. The van der Waals surface area contributed by atoms with Crippen LogP contribution in [-0.2, 0) is 4.74 Å². The normalized spacial score (nSPS) is 26.7. The molecule has 2 heteroatoms. The topological polar surface area (TPSA) is 29.5 Å². The molecule has 0 amide bonds. The highest BCUT2D eigenvalue weighted by Crippen LogP contribution is 2.30. The lowest BCUT2D eigenvalue weighted by Crippen LogP contribution is -2.09. The lowest BCUT2D eigenvalue weighted by Gasteiger charge is -2.11. The molecule has 0 bridgehead atoms. The molecule has 1 fully saturated rings. The van der Waals surface area contributed by atoms with Crippen LogP contribution in [0.2, 0.25) is 0 Å². The van der Waals surface area contributed by atoms with Gasteiger partial charge in [-0.15, -0.1) is 0 Å². The Kier molecular flexibility index (Phi) is 2.85. The number of hydrogen-bond acceptors (Lipinski definition) is 2. The fourth-order valence-corrected chi connectivity index (χ4v) is 2.09. The first-order chi connectivity index (χ1) is 6.81. The minimum Gasteiger partial charge on any atom is -0.394 e. The molecule has 14 heavy (non-hydrogen) atoms. The smallest absolute Gasteiger partial charge is 0.0812 e. The van der Waals surface area contributed by atoms with Crippen molar-refractivity contribution in [3.05, 3.63) is 35.4 Å². The Hall–Kier alpha value is -0.860. The third-order valence-electron chi connectivity index (χ3n) is 2.91. The number of rotatable bonds is 2. The van der Waals surface area contributed by atoms with Crippen molar-refractivity contribution in [1.29, 1.82) is 0 Å². The van der Waals surface area contributed by atoms with Crippen molar-refractivity contribution in [2.24, 2.45) is 0 Å². The van der Waals surface area contributed by atoms with E-state index in [-0.39, 0.29) is 12.7 Å². The summed E-state index contributed by atoms with van der Waals surface area (Å²) in [5.74, 6) is 0.466. The van der Waals surface area contributed by atoms with Crippen molar-refractivity contribution >= 4 is 0 Å². The Balaban J connectivity index is 2.13. The van der Waals surface area contributed by atoms with Gasteiger partial charge in [0.15, 0.2) is 0 Å². The summed E-state index contributed by atoms with van der Waals surface area (Å²) in [6, 6.07) is 8.40. The van der Waals surface area contributed by atoms with Gasteiger partial charge < -0.3 is 9.84 Å². The molecule has 1 N–H and O–H groups in total. The molecule has 2 nitrogen and oxygen atoms in total. The van der Waals surface area contributed by atoms with Gasteiger partial charge >= 0.3 is 0 Å². The quantitative estimate of drug-likeness (QED) is 0.775. The summed E-state index contributed by atoms with van der Waals surface area (Å²) in [6.07, 6.45) is 0.987. The van der Waals surface area contributed by atoms with Gasteiger partial charge in [-0.2, -0.15) is 0 Å². The SMILES string of the molecule is Cc1ccccc1C1COC(CO)C1. The van der Waals surface area contributed by atoms with Crippen LogP contribution in [0.5, 0.6) is 0 Å². The first-order valence-electron chi connectivity index (χ1n) is 5.09. The summed E-state index contributed by atoms with van der Waals surface area (Å²) in [7, 11) is 0. The standard InChI is InChI=1S/C12H16O2/c1-9-4-2-3-5-12(9)10-6-11(7-13)14-8-10/h2-5,10-11,13H,6-8H2,1H3. The Morgan fingerprint density at radius 2 is 2.21 bits per heavy atom. The van der Waals surface area contributed by atoms with E-state index in [9.17, 15) is 0 Å². The third kappa shape index (κ3) is 1.81. The first kappa shape index (κ1) is 9.69. The van der Waals surface area contributed by atoms with Crippen molar-refractivity contribution in [2.45, 2.75) is 25.4 Å². The number of benzene rings is 1. The highest BCUT2D eigenvalue weighted by atomic mass is 16.5. The summed E-state index contributed by atoms with van der Waals surface area (Å²) in [5.41, 5.74) is 2.68. The number of hydrogen-bond donors (Lipinski definition) is 1. The maximum Gasteiger partial charge on any atom is 0.0812 e. The molecule has 0 aromatic heterocycles. The van der Waals surface area contributed by atoms with E-state index in [0.29, 0.717) is 5.92 Å². The van der Waals surface area contributed by atoms with Crippen LogP contribution in [0.1, 0.15) is 23.5 Å². The number of aryl methyl sites for hydroxylation is 1. The molecule has 2 rings (SSSR count). The molecule has 1 aromatic carbocycles. The molecule has 0 saturated carbocycles. The van der Waals surface area contributed by atoms with Gasteiger partial charge in [-0.05, 0) is 24.5 Å². The van der Waals surface area contributed by atoms with Gasteiger partial charge in [-0.3, -0.25) is 0 Å². The molecule has 76 valence electrons. The van der Waals surface area contributed by atoms with Gasteiger partial charge in [-0.1, -0.05) is 24.3 Å². The maximum absolute atomic E-state index is 8.98. The second kappa shape index (κ2) is 4.11. The summed E-state index contributed by atoms with van der Waals surface area (Å²) >= 11 is 0. The molecule has 1 saturated heterocycles. The summed E-state index contributed by atoms with van der Waals surface area (Å²) in [4.78, 5) is 0. The average molecular weight is 192 g/mol. The van der Waals surface area contributed by atoms with Crippen LogP contribution < -0.4 is 0 Å². The molecule has 2 atom stereocenters. The van der Waals surface area contributed by atoms with Gasteiger partial charge in [-0.25, -0.2) is 0 Å². The molecule has 0 spiro atoms. The van der Waals surface area contributed by atoms with E-state index in [0.717, 1.165) is 13.0 Å². The summed E-state index contributed by atoms with van der Waals surface area (Å²) < 4.78 is 5.47. The Morgan fingerprint density at radius 3 is 2.86 bits per heavy atom. The van der Waals surface area contributed by atoms with Crippen LogP contribution >= 0.6 is 0 Å². The Bertz CT molecular complexity index is 309. The van der Waals surface area contributed by atoms with E-state index in [2.05, 4.69) is 31.2 Å². The van der Waals surface area contributed by atoms with Crippen molar-refractivity contribution in [1.82, 2.24) is 0 Å². The van der Waals surface area contributed by atoms with Crippen LogP contribution in [0.4, 0.5) is 0 Å². The Morgan fingerprint density at radius 1 is 1.43 bits per heavy atom. The molecular weight excluding hydrogens is 176 g/mol. The number of ether oxygens (including phenoxy) is 1. The molecule has 1 aromatic rings. The fourth-order valence-electron chi connectivity index (χ4n) is 2.09. The van der Waals surface area contributed by atoms with E-state index in [1.165, 1.54) is 11.1 Å². The second-order valence-electron chi connectivity index (χ2n) is 3.93. The zero-order valence-electron chi connectivity index (χ0n) is 8.44. The van der Waals surface area contributed by atoms with Crippen LogP contribution in [0, 0.1) is 6.92 Å². The van der Waals surface area contributed by atoms with E-state index >= 15 is 0 Å². The van der Waals surface area contributed by atoms with E-state index in [1.807, 2.05) is 0 Å². The van der Waals surface area contributed by atoms with Crippen molar-refractivity contribution in [3.63, 3.8) is 0 Å². The van der Waals surface area contributed by atoms with Crippen LogP contribution in [0.25, 0.3) is 0 Å². The minimum absolute atomic E-state index is 0.0413. The van der Waals surface area contributed by atoms with Crippen molar-refractivity contribution < 1.29 is 9.84 Å². The van der Waals surface area contributed by atoms with E-state index < -0.39 is 0 Å². The predicted molar refractivity (Wildman–Crippen MR) is 55.4 cm³/mol. The fraction of sp³-hybridized carbons (Fsp3) is 0.500. The van der Waals surface area contributed by atoms with Gasteiger partial charge in [0.05, 0.1) is 19.3 Å². The van der Waals surface area contributed by atoms with E-state index in [4.69, 9.17) is 9.84 Å². The number of aliphatic hydroxyl groups is 1. The maximum atomic E-state index is 8.98. The molecule has 0 aliphatic carbocycles. The summed E-state index contributed by atoms with van der Waals surface area (Å²) in [5, 5.41) is 8.98. The van der Waals surface area contributed by atoms with Gasteiger partial charge in [0, 0.05) is 5.92 Å². The molecule has 1 aliphatic rings. The van der Waals surface area contributed by atoms with E-state index in [1.54, 1.807) is 0 Å². The zero-order chi connectivity index (χ0) is 9.97. The molecule has 2 unspecified atom stereocenters. The summed E-state index contributed by atoms with van der Waals surface area (Å²) in [6.45, 7) is 3.01. The molecule has 0 radical (unpaired) electrons. The monoisotopic (exact) mass is 192 g/mol. The molecule has 1 aliphatic heterocycles.